The topological polar surface area (TPSA) is 49.3 Å². The van der Waals surface area contributed by atoms with Gasteiger partial charge in [-0.05, 0) is 31.2 Å². The first kappa shape index (κ1) is 16.6. The maximum absolute atomic E-state index is 12.0. The Bertz CT molecular complexity index is 455. The summed E-state index contributed by atoms with van der Waals surface area (Å²) < 4.78 is 0. The predicted octanol–water partition coefficient (Wildman–Crippen LogP) is 3.61. The van der Waals surface area contributed by atoms with Crippen molar-refractivity contribution in [2.75, 3.05) is 12.8 Å². The van der Waals surface area contributed by atoms with Crippen LogP contribution in [-0.2, 0) is 0 Å². The van der Waals surface area contributed by atoms with Crippen LogP contribution in [0.3, 0.4) is 0 Å². The molecule has 1 unspecified atom stereocenters. The van der Waals surface area contributed by atoms with Crippen LogP contribution in [0.1, 0.15) is 30.1 Å². The fourth-order valence-corrected chi connectivity index (χ4v) is 2.70. The normalized spacial score (nSPS) is 12.3. The third-order valence-electron chi connectivity index (χ3n) is 2.72. The van der Waals surface area contributed by atoms with E-state index in [-0.39, 0.29) is 12.0 Å². The predicted molar refractivity (Wildman–Crippen MR) is 81.5 cm³/mol. The summed E-state index contributed by atoms with van der Waals surface area (Å²) in [6, 6.07) is 3.26. The summed E-state index contributed by atoms with van der Waals surface area (Å²) in [7, 11) is 0. The molecule has 0 aromatic heterocycles. The molecule has 3 nitrogen and oxygen atoms in total. The minimum absolute atomic E-state index is 0.250. The number of aliphatic hydroxyl groups is 1. The van der Waals surface area contributed by atoms with Gasteiger partial charge in [0.05, 0.1) is 21.7 Å². The molecule has 0 aliphatic rings. The smallest absolute Gasteiger partial charge is 0.252 e. The van der Waals surface area contributed by atoms with Crippen LogP contribution in [0.5, 0.6) is 0 Å². The van der Waals surface area contributed by atoms with Gasteiger partial charge in [0, 0.05) is 11.4 Å². The first-order valence-corrected chi connectivity index (χ1v) is 7.97. The van der Waals surface area contributed by atoms with E-state index < -0.39 is 0 Å². The molecule has 0 radical (unpaired) electrons. The molecule has 0 heterocycles. The van der Waals surface area contributed by atoms with Gasteiger partial charge < -0.3 is 10.4 Å². The van der Waals surface area contributed by atoms with Crippen LogP contribution in [0.15, 0.2) is 17.0 Å². The zero-order valence-corrected chi connectivity index (χ0v) is 13.2. The monoisotopic (exact) mass is 321 g/mol. The number of halogens is 2. The summed E-state index contributed by atoms with van der Waals surface area (Å²) in [5.74, 6) is -0.250. The van der Waals surface area contributed by atoms with Crippen molar-refractivity contribution < 1.29 is 9.90 Å². The molecule has 2 N–H and O–H groups in total. The average Bonchev–Trinajstić information content (AvgIpc) is 2.38. The van der Waals surface area contributed by atoms with Crippen LogP contribution in [0, 0.1) is 0 Å². The van der Waals surface area contributed by atoms with Crippen molar-refractivity contribution in [3.8, 4) is 0 Å². The van der Waals surface area contributed by atoms with Crippen LogP contribution >= 0.6 is 35.0 Å². The highest BCUT2D eigenvalue weighted by molar-refractivity contribution is 7.98. The lowest BCUT2D eigenvalue weighted by Crippen LogP contribution is -2.27. The number of aliphatic hydroxyl groups excluding tert-OH is 1. The molecule has 0 bridgehead atoms. The third kappa shape index (κ3) is 4.88. The summed E-state index contributed by atoms with van der Waals surface area (Å²) in [4.78, 5) is 12.8. The standard InChI is InChI=1S/C13H17Cl2NO2S/c1-3-8(17)4-5-16-13(18)9-6-12(19-2)11(15)7-10(9)14/h6-8,17H,3-5H2,1-2H3,(H,16,18). The Morgan fingerprint density at radius 1 is 1.42 bits per heavy atom. The molecule has 1 rings (SSSR count). The molecule has 1 aromatic carbocycles. The van der Waals surface area contributed by atoms with E-state index in [1.165, 1.54) is 11.8 Å². The summed E-state index contributed by atoms with van der Waals surface area (Å²) in [6.45, 7) is 2.31. The SMILES string of the molecule is CCC(O)CCNC(=O)c1cc(SC)c(Cl)cc1Cl. The van der Waals surface area contributed by atoms with E-state index in [0.717, 1.165) is 4.90 Å². The van der Waals surface area contributed by atoms with Gasteiger partial charge in [0.25, 0.3) is 5.91 Å². The molecular formula is C13H17Cl2NO2S. The summed E-state index contributed by atoms with van der Waals surface area (Å²) in [5.41, 5.74) is 0.404. The molecule has 0 aliphatic heterocycles. The molecule has 1 atom stereocenters. The molecule has 0 saturated carbocycles. The van der Waals surface area contributed by atoms with Gasteiger partial charge in [-0.2, -0.15) is 0 Å². The zero-order valence-electron chi connectivity index (χ0n) is 10.9. The molecule has 0 saturated heterocycles. The number of rotatable bonds is 6. The number of benzene rings is 1. The molecule has 106 valence electrons. The number of amides is 1. The van der Waals surface area contributed by atoms with Gasteiger partial charge in [-0.25, -0.2) is 0 Å². The molecular weight excluding hydrogens is 305 g/mol. The summed E-state index contributed by atoms with van der Waals surface area (Å²) in [6.07, 6.45) is 2.70. The molecule has 0 aliphatic carbocycles. The Balaban J connectivity index is 2.71. The zero-order chi connectivity index (χ0) is 14.4. The second kappa shape index (κ2) is 8.00. The lowest BCUT2D eigenvalue weighted by atomic mass is 10.2. The number of thioether (sulfide) groups is 1. The Morgan fingerprint density at radius 2 is 2.11 bits per heavy atom. The molecule has 0 spiro atoms. The maximum atomic E-state index is 12.0. The Morgan fingerprint density at radius 3 is 2.68 bits per heavy atom. The van der Waals surface area contributed by atoms with E-state index in [9.17, 15) is 9.90 Å². The first-order chi connectivity index (χ1) is 8.99. The molecule has 1 amide bonds. The number of carbonyl (C=O) groups is 1. The summed E-state index contributed by atoms with van der Waals surface area (Å²) >= 11 is 13.5. The van der Waals surface area contributed by atoms with Crippen LogP contribution < -0.4 is 5.32 Å². The van der Waals surface area contributed by atoms with Crippen molar-refractivity contribution in [1.29, 1.82) is 0 Å². The highest BCUT2D eigenvalue weighted by Crippen LogP contribution is 2.31. The number of carbonyl (C=O) groups excluding carboxylic acids is 1. The lowest BCUT2D eigenvalue weighted by molar-refractivity contribution is 0.0942. The number of hydrogen-bond acceptors (Lipinski definition) is 3. The number of hydrogen-bond donors (Lipinski definition) is 2. The minimum atomic E-state index is -0.386. The van der Waals surface area contributed by atoms with Crippen LogP contribution in [0.2, 0.25) is 10.0 Å². The quantitative estimate of drug-likeness (QED) is 0.787. The lowest BCUT2D eigenvalue weighted by Gasteiger charge is -2.11. The van der Waals surface area contributed by atoms with Crippen LogP contribution in [-0.4, -0.2) is 29.9 Å². The van der Waals surface area contributed by atoms with Gasteiger partial charge >= 0.3 is 0 Å². The number of nitrogens with one attached hydrogen (secondary N) is 1. The second-order valence-corrected chi connectivity index (χ2v) is 5.74. The maximum Gasteiger partial charge on any atom is 0.252 e. The highest BCUT2D eigenvalue weighted by Gasteiger charge is 2.13. The van der Waals surface area contributed by atoms with Crippen molar-refractivity contribution in [1.82, 2.24) is 5.32 Å². The van der Waals surface area contributed by atoms with Gasteiger partial charge in [-0.15, -0.1) is 11.8 Å². The van der Waals surface area contributed by atoms with E-state index in [0.29, 0.717) is 35.0 Å². The Kier molecular flexibility index (Phi) is 7.00. The van der Waals surface area contributed by atoms with Crippen molar-refractivity contribution in [2.24, 2.45) is 0 Å². The van der Waals surface area contributed by atoms with Gasteiger partial charge in [0.15, 0.2) is 0 Å². The first-order valence-electron chi connectivity index (χ1n) is 5.98. The van der Waals surface area contributed by atoms with Gasteiger partial charge in [-0.1, -0.05) is 30.1 Å². The van der Waals surface area contributed by atoms with Crippen molar-refractivity contribution in [2.45, 2.75) is 30.8 Å². The van der Waals surface area contributed by atoms with Crippen molar-refractivity contribution >= 4 is 40.9 Å². The Labute approximate surface area is 127 Å². The third-order valence-corrected chi connectivity index (χ3v) is 4.24. The van der Waals surface area contributed by atoms with E-state index in [2.05, 4.69) is 5.32 Å². The van der Waals surface area contributed by atoms with Crippen molar-refractivity contribution in [3.63, 3.8) is 0 Å². The second-order valence-electron chi connectivity index (χ2n) is 4.07. The van der Waals surface area contributed by atoms with Crippen LogP contribution in [0.25, 0.3) is 0 Å². The van der Waals surface area contributed by atoms with Gasteiger partial charge in [0.1, 0.15) is 0 Å². The highest BCUT2D eigenvalue weighted by atomic mass is 35.5. The average molecular weight is 322 g/mol. The fraction of sp³-hybridized carbons (Fsp3) is 0.462. The van der Waals surface area contributed by atoms with E-state index in [1.807, 2.05) is 13.2 Å². The van der Waals surface area contributed by atoms with E-state index in [1.54, 1.807) is 12.1 Å². The van der Waals surface area contributed by atoms with Gasteiger partial charge in [0.2, 0.25) is 0 Å². The largest absolute Gasteiger partial charge is 0.393 e. The molecule has 1 aromatic rings. The van der Waals surface area contributed by atoms with E-state index in [4.69, 9.17) is 23.2 Å². The molecule has 19 heavy (non-hydrogen) atoms. The molecule has 6 heteroatoms. The van der Waals surface area contributed by atoms with Crippen LogP contribution in [0.4, 0.5) is 0 Å². The Hall–Kier alpha value is -0.420. The fourth-order valence-electron chi connectivity index (χ4n) is 1.51. The van der Waals surface area contributed by atoms with Gasteiger partial charge in [-0.3, -0.25) is 4.79 Å². The molecule has 0 fully saturated rings. The summed E-state index contributed by atoms with van der Waals surface area (Å²) in [5, 5.41) is 13.0. The van der Waals surface area contributed by atoms with E-state index >= 15 is 0 Å². The minimum Gasteiger partial charge on any atom is -0.393 e. The van der Waals surface area contributed by atoms with Crippen molar-refractivity contribution in [3.05, 3.63) is 27.7 Å².